The van der Waals surface area contributed by atoms with Crippen molar-refractivity contribution in [1.82, 2.24) is 4.90 Å². The Bertz CT molecular complexity index is 1780. The molecular formula is C41H54N4O6Si. The molecule has 3 amide bonds. The van der Waals surface area contributed by atoms with E-state index < -0.39 is 31.5 Å². The number of fused-ring (bicyclic) bond motifs is 2. The van der Waals surface area contributed by atoms with Gasteiger partial charge in [0.15, 0.2) is 13.9 Å². The highest BCUT2D eigenvalue weighted by Crippen LogP contribution is 2.60. The second-order valence-electron chi connectivity index (χ2n) is 15.7. The van der Waals surface area contributed by atoms with Gasteiger partial charge in [-0.1, -0.05) is 60.6 Å². The predicted molar refractivity (Wildman–Crippen MR) is 207 cm³/mol. The third kappa shape index (κ3) is 7.20. The maximum Gasteiger partial charge on any atom is 0.264 e. The van der Waals surface area contributed by atoms with Gasteiger partial charge >= 0.3 is 0 Å². The zero-order chi connectivity index (χ0) is 37.4. The summed E-state index contributed by atoms with van der Waals surface area (Å²) in [6, 6.07) is 15.2. The van der Waals surface area contributed by atoms with Gasteiger partial charge in [-0.2, -0.15) is 5.10 Å². The van der Waals surface area contributed by atoms with Crippen LogP contribution in [0.3, 0.4) is 0 Å². The van der Waals surface area contributed by atoms with Crippen LogP contribution in [-0.4, -0.2) is 78.4 Å². The van der Waals surface area contributed by atoms with Crippen LogP contribution in [0.15, 0.2) is 76.9 Å². The number of hydrogen-bond donors (Lipinski definition) is 2. The summed E-state index contributed by atoms with van der Waals surface area (Å²) >= 11 is 0. The molecule has 6 rings (SSSR count). The fourth-order valence-corrected chi connectivity index (χ4v) is 11.3. The van der Waals surface area contributed by atoms with Gasteiger partial charge in [0.1, 0.15) is 0 Å². The van der Waals surface area contributed by atoms with Crippen molar-refractivity contribution in [3.05, 3.63) is 83.0 Å². The van der Waals surface area contributed by atoms with E-state index in [1.54, 1.807) is 9.80 Å². The Morgan fingerprint density at radius 1 is 1.08 bits per heavy atom. The molecule has 2 aromatic carbocycles. The standard InChI is InChI=1S/C41H54N4O6Si/c1-27(2)12-10-13-28(3)21-23-44-35-19-17-31(45-37(47)20-18-34(42-45)30-14-8-7-9-15-30)24-33(35)41(40(44)49)29(4)39(52(5,6)50)36(51-41)25-38(48)43-22-11-16-32(43)26-46/h7-9,12,14-15,17,19,21,24,29,32,36,39,46,50H,10-11,13,16,18,20,22-23,25-26H2,1-6H3/b28-21+/t29-,32+,36+,39-,41+/m1/s1. The summed E-state index contributed by atoms with van der Waals surface area (Å²) in [6.07, 6.45) is 7.77. The number of nitrogens with zero attached hydrogens (tertiary/aromatic N) is 4. The predicted octanol–water partition coefficient (Wildman–Crippen LogP) is 6.43. The van der Waals surface area contributed by atoms with E-state index in [4.69, 9.17) is 9.84 Å². The number of anilines is 2. The molecule has 0 radical (unpaired) electrons. The average Bonchev–Trinajstić information content (AvgIpc) is 3.77. The molecule has 4 aliphatic heterocycles. The van der Waals surface area contributed by atoms with E-state index in [9.17, 15) is 19.5 Å². The first-order chi connectivity index (χ1) is 24.8. The van der Waals surface area contributed by atoms with E-state index in [2.05, 4.69) is 32.9 Å². The lowest BCUT2D eigenvalue weighted by Crippen LogP contribution is -2.46. The highest BCUT2D eigenvalue weighted by atomic mass is 28.4. The minimum absolute atomic E-state index is 0.00522. The number of benzene rings is 2. The minimum atomic E-state index is -3.03. The van der Waals surface area contributed by atoms with Crippen molar-refractivity contribution in [3.63, 3.8) is 0 Å². The van der Waals surface area contributed by atoms with E-state index in [0.29, 0.717) is 42.9 Å². The second kappa shape index (κ2) is 15.2. The van der Waals surface area contributed by atoms with Crippen LogP contribution in [0.4, 0.5) is 11.4 Å². The number of hydrazone groups is 1. The first-order valence-corrected chi connectivity index (χ1v) is 21.8. The van der Waals surface area contributed by atoms with Crippen molar-refractivity contribution in [2.45, 2.75) is 109 Å². The number of aliphatic hydroxyl groups excluding tert-OH is 1. The Balaban J connectivity index is 1.42. The van der Waals surface area contributed by atoms with E-state index in [0.717, 1.165) is 37.0 Å². The van der Waals surface area contributed by atoms with Crippen LogP contribution in [0, 0.1) is 5.92 Å². The molecule has 4 heterocycles. The molecule has 0 aromatic heterocycles. The first-order valence-electron chi connectivity index (χ1n) is 18.8. The molecule has 2 aromatic rings. The van der Waals surface area contributed by atoms with Crippen molar-refractivity contribution in [3.8, 4) is 0 Å². The van der Waals surface area contributed by atoms with Gasteiger partial charge in [-0.05, 0) is 83.3 Å². The molecule has 0 saturated carbocycles. The number of likely N-dealkylation sites (tertiary alicyclic amines) is 1. The fraction of sp³-hybridized carbons (Fsp3) is 0.512. The van der Waals surface area contributed by atoms with Crippen LogP contribution in [-0.2, 0) is 24.7 Å². The minimum Gasteiger partial charge on any atom is -0.432 e. The van der Waals surface area contributed by atoms with E-state index in [-0.39, 0.29) is 36.8 Å². The molecule has 278 valence electrons. The number of ether oxygens (including phenoxy) is 1. The van der Waals surface area contributed by atoms with Crippen molar-refractivity contribution in [2.75, 3.05) is 29.6 Å². The number of carbonyl (C=O) groups excluding carboxylic acids is 3. The average molecular weight is 727 g/mol. The highest BCUT2D eigenvalue weighted by Gasteiger charge is 2.66. The highest BCUT2D eigenvalue weighted by molar-refractivity contribution is 6.71. The zero-order valence-corrected chi connectivity index (χ0v) is 32.5. The van der Waals surface area contributed by atoms with Crippen LogP contribution in [0.25, 0.3) is 0 Å². The van der Waals surface area contributed by atoms with E-state index >= 15 is 4.79 Å². The van der Waals surface area contributed by atoms with Crippen molar-refractivity contribution >= 4 is 43.1 Å². The van der Waals surface area contributed by atoms with Gasteiger partial charge in [0.25, 0.3) is 5.91 Å². The number of rotatable bonds is 11. The summed E-state index contributed by atoms with van der Waals surface area (Å²) in [7, 11) is -3.03. The number of aliphatic hydroxyl groups is 1. The molecular weight excluding hydrogens is 673 g/mol. The second-order valence-corrected chi connectivity index (χ2v) is 19.7. The number of carbonyl (C=O) groups is 3. The van der Waals surface area contributed by atoms with Gasteiger partial charge in [0.05, 0.1) is 42.3 Å². The molecule has 4 aliphatic rings. The van der Waals surface area contributed by atoms with Gasteiger partial charge in [-0.25, -0.2) is 5.01 Å². The summed E-state index contributed by atoms with van der Waals surface area (Å²) < 4.78 is 6.99. The first kappa shape index (κ1) is 37.8. The van der Waals surface area contributed by atoms with Crippen LogP contribution < -0.4 is 9.91 Å². The van der Waals surface area contributed by atoms with Crippen molar-refractivity contribution in [1.29, 1.82) is 0 Å². The number of allylic oxidation sites excluding steroid dienone is 3. The summed E-state index contributed by atoms with van der Waals surface area (Å²) in [6.45, 7) is 12.7. The van der Waals surface area contributed by atoms with E-state index in [1.165, 1.54) is 16.2 Å². The summed E-state index contributed by atoms with van der Waals surface area (Å²) in [5, 5.41) is 16.2. The Kier molecular flexibility index (Phi) is 11.1. The Morgan fingerprint density at radius 3 is 2.52 bits per heavy atom. The lowest BCUT2D eigenvalue weighted by molar-refractivity contribution is -0.149. The molecule has 2 N–H and O–H groups in total. The summed E-state index contributed by atoms with van der Waals surface area (Å²) in [5.41, 5.74) is 4.12. The molecule has 52 heavy (non-hydrogen) atoms. The maximum atomic E-state index is 15.0. The van der Waals surface area contributed by atoms with Crippen LogP contribution in [0.5, 0.6) is 0 Å². The summed E-state index contributed by atoms with van der Waals surface area (Å²) in [4.78, 5) is 57.5. The van der Waals surface area contributed by atoms with Gasteiger partial charge < -0.3 is 24.4 Å². The molecule has 0 aliphatic carbocycles. The summed E-state index contributed by atoms with van der Waals surface area (Å²) in [5.74, 6) is -0.980. The van der Waals surface area contributed by atoms with Gasteiger partial charge in [-0.3, -0.25) is 14.4 Å². The molecule has 2 saturated heterocycles. The number of amides is 3. The topological polar surface area (TPSA) is 123 Å². The Morgan fingerprint density at radius 2 is 1.83 bits per heavy atom. The Labute approximate surface area is 309 Å². The fourth-order valence-electron chi connectivity index (χ4n) is 8.75. The Hall–Kier alpha value is -3.90. The molecule has 5 atom stereocenters. The molecule has 0 unspecified atom stereocenters. The largest absolute Gasteiger partial charge is 0.432 e. The van der Waals surface area contributed by atoms with Gasteiger partial charge in [0.2, 0.25) is 11.8 Å². The molecule has 2 fully saturated rings. The third-order valence-electron chi connectivity index (χ3n) is 11.3. The maximum absolute atomic E-state index is 15.0. The molecule has 0 bridgehead atoms. The van der Waals surface area contributed by atoms with Crippen LogP contribution in [0.1, 0.15) is 83.8 Å². The molecule has 10 nitrogen and oxygen atoms in total. The van der Waals surface area contributed by atoms with Crippen LogP contribution in [0.2, 0.25) is 18.6 Å². The lowest BCUT2D eigenvalue weighted by Gasteiger charge is -2.33. The molecule has 1 spiro atoms. The molecule has 11 heteroatoms. The van der Waals surface area contributed by atoms with Gasteiger partial charge in [-0.15, -0.1) is 0 Å². The van der Waals surface area contributed by atoms with Crippen LogP contribution >= 0.6 is 0 Å². The zero-order valence-electron chi connectivity index (χ0n) is 31.5. The lowest BCUT2D eigenvalue weighted by atomic mass is 9.82. The van der Waals surface area contributed by atoms with Gasteiger partial charge in [0, 0.05) is 43.0 Å². The smallest absolute Gasteiger partial charge is 0.264 e. The van der Waals surface area contributed by atoms with Crippen molar-refractivity contribution < 1.29 is 29.0 Å². The third-order valence-corrected chi connectivity index (χ3v) is 13.9. The quantitative estimate of drug-likeness (QED) is 0.203. The normalized spacial score (nSPS) is 26.3. The monoisotopic (exact) mass is 726 g/mol. The number of hydrogen-bond acceptors (Lipinski definition) is 7. The van der Waals surface area contributed by atoms with E-state index in [1.807, 2.05) is 68.5 Å². The SMILES string of the molecule is CC(C)=CCC/C(C)=C/CN1C(=O)[C@@]2(O[C@@H](CC(=O)N3CCC[C@H]3CO)[C@H]([Si](C)(C)O)[C@H]2C)c2cc(N3N=C(c4ccccc4)CCC3=O)ccc21. The van der Waals surface area contributed by atoms with Crippen molar-refractivity contribution in [2.24, 2.45) is 11.0 Å².